The molecule has 1 aromatic rings. The number of hydrogen-bond donors (Lipinski definition) is 1. The fourth-order valence-corrected chi connectivity index (χ4v) is 5.72. The van der Waals surface area contributed by atoms with Crippen molar-refractivity contribution in [1.29, 1.82) is 0 Å². The zero-order chi connectivity index (χ0) is 18.7. The number of nitrogens with one attached hydrogen (secondary N) is 1. The Morgan fingerprint density at radius 2 is 1.79 bits per heavy atom. The van der Waals surface area contributed by atoms with Crippen LogP contribution in [0, 0.1) is 11.3 Å². The molecule has 1 N–H and O–H groups in total. The number of halogens is 2. The van der Waals surface area contributed by atoms with Crippen LogP contribution >= 0.6 is 24.8 Å². The van der Waals surface area contributed by atoms with Crippen LogP contribution in [0.3, 0.4) is 0 Å². The summed E-state index contributed by atoms with van der Waals surface area (Å²) in [7, 11) is 1.47. The summed E-state index contributed by atoms with van der Waals surface area (Å²) >= 11 is 0. The van der Waals surface area contributed by atoms with E-state index < -0.39 is 0 Å². The molecule has 1 atom stereocenters. The molecule has 0 radical (unpaired) electrons. The number of ether oxygens (including phenoxy) is 1. The van der Waals surface area contributed by atoms with Crippen LogP contribution in [0.25, 0.3) is 0 Å². The molecule has 1 saturated carbocycles. The predicted molar refractivity (Wildman–Crippen MR) is 122 cm³/mol. The van der Waals surface area contributed by atoms with Crippen LogP contribution in [0.5, 0.6) is 0 Å². The van der Waals surface area contributed by atoms with Crippen LogP contribution in [0.4, 0.5) is 0 Å². The highest BCUT2D eigenvalue weighted by atomic mass is 35.5. The average molecular weight is 443 g/mol. The smallest absolute Gasteiger partial charge is 0.338 e. The first-order valence-electron chi connectivity index (χ1n) is 10.8. The largest absolute Gasteiger partial charge is 0.465 e. The molecular formula is C23H36Cl2N2O2. The number of carbonyl (C=O) groups excluding carboxylic acids is 1. The van der Waals surface area contributed by atoms with Crippen molar-refractivity contribution in [2.75, 3.05) is 33.3 Å². The fourth-order valence-electron chi connectivity index (χ4n) is 5.72. The number of piperidine rings is 1. The van der Waals surface area contributed by atoms with Crippen LogP contribution in [0.1, 0.15) is 60.9 Å². The molecule has 2 saturated heterocycles. The number of esters is 1. The minimum absolute atomic E-state index is 0. The van der Waals surface area contributed by atoms with Gasteiger partial charge in [-0.15, -0.1) is 24.8 Å². The number of methoxy groups -OCH3 is 1. The van der Waals surface area contributed by atoms with E-state index in [0.29, 0.717) is 11.3 Å². The van der Waals surface area contributed by atoms with Gasteiger partial charge in [-0.1, -0.05) is 18.2 Å². The molecule has 2 heterocycles. The van der Waals surface area contributed by atoms with Gasteiger partial charge in [0.15, 0.2) is 0 Å². The second-order valence-corrected chi connectivity index (χ2v) is 8.98. The first kappa shape index (κ1) is 24.5. The molecule has 2 aliphatic heterocycles. The molecule has 0 aromatic heterocycles. The van der Waals surface area contributed by atoms with Crippen LogP contribution < -0.4 is 5.32 Å². The zero-order valence-corrected chi connectivity index (χ0v) is 19.2. The van der Waals surface area contributed by atoms with Gasteiger partial charge in [-0.25, -0.2) is 4.79 Å². The molecule has 4 rings (SSSR count). The minimum Gasteiger partial charge on any atom is -0.465 e. The Morgan fingerprint density at radius 1 is 1.10 bits per heavy atom. The Kier molecular flexibility index (Phi) is 9.27. The van der Waals surface area contributed by atoms with E-state index in [1.54, 1.807) is 0 Å². The number of likely N-dealkylation sites (tertiary alicyclic amines) is 1. The maximum atomic E-state index is 12.0. The number of carbonyl (C=O) groups is 1. The molecule has 6 heteroatoms. The SMILES string of the molecule is COC(=O)c1ccccc1CC1CCN(C2CCC3(CCNCC3)CC2)C1.Cl.Cl. The Labute approximate surface area is 188 Å². The summed E-state index contributed by atoms with van der Waals surface area (Å²) in [5, 5.41) is 3.52. The monoisotopic (exact) mass is 442 g/mol. The summed E-state index contributed by atoms with van der Waals surface area (Å²) in [6.07, 6.45) is 10.6. The molecule has 164 valence electrons. The van der Waals surface area contributed by atoms with E-state index in [1.165, 1.54) is 78.2 Å². The highest BCUT2D eigenvalue weighted by Crippen LogP contribution is 2.45. The van der Waals surface area contributed by atoms with Crippen LogP contribution in [0.15, 0.2) is 24.3 Å². The maximum Gasteiger partial charge on any atom is 0.338 e. The van der Waals surface area contributed by atoms with Gasteiger partial charge in [0.05, 0.1) is 12.7 Å². The van der Waals surface area contributed by atoms with E-state index in [1.807, 2.05) is 18.2 Å². The van der Waals surface area contributed by atoms with Crippen molar-refractivity contribution in [3.63, 3.8) is 0 Å². The van der Waals surface area contributed by atoms with Crippen molar-refractivity contribution in [3.05, 3.63) is 35.4 Å². The third kappa shape index (κ3) is 5.66. The maximum absolute atomic E-state index is 12.0. The number of nitrogens with zero attached hydrogens (tertiary/aromatic N) is 1. The van der Waals surface area contributed by atoms with E-state index in [2.05, 4.69) is 16.3 Å². The molecule has 3 aliphatic rings. The van der Waals surface area contributed by atoms with Gasteiger partial charge >= 0.3 is 5.97 Å². The Hall–Kier alpha value is -0.810. The lowest BCUT2D eigenvalue weighted by molar-refractivity contribution is 0.0599. The van der Waals surface area contributed by atoms with Crippen molar-refractivity contribution < 1.29 is 9.53 Å². The number of benzene rings is 1. The van der Waals surface area contributed by atoms with E-state index >= 15 is 0 Å². The van der Waals surface area contributed by atoms with Crippen LogP contribution in [0.2, 0.25) is 0 Å². The van der Waals surface area contributed by atoms with Gasteiger partial charge in [0.2, 0.25) is 0 Å². The summed E-state index contributed by atoms with van der Waals surface area (Å²) < 4.78 is 4.96. The molecule has 1 aliphatic carbocycles. The third-order valence-electron chi connectivity index (χ3n) is 7.44. The second kappa shape index (κ2) is 11.0. The van der Waals surface area contributed by atoms with Gasteiger partial charge in [-0.3, -0.25) is 0 Å². The van der Waals surface area contributed by atoms with E-state index in [4.69, 9.17) is 4.74 Å². The Morgan fingerprint density at radius 3 is 2.48 bits per heavy atom. The van der Waals surface area contributed by atoms with Crippen molar-refractivity contribution in [2.45, 2.75) is 57.4 Å². The molecular weight excluding hydrogens is 407 g/mol. The number of hydrogen-bond acceptors (Lipinski definition) is 4. The molecule has 1 aromatic carbocycles. The van der Waals surface area contributed by atoms with E-state index in [0.717, 1.165) is 23.6 Å². The number of rotatable bonds is 4. The first-order valence-corrected chi connectivity index (χ1v) is 10.8. The molecule has 29 heavy (non-hydrogen) atoms. The molecule has 1 unspecified atom stereocenters. The average Bonchev–Trinajstić information content (AvgIpc) is 3.17. The lowest BCUT2D eigenvalue weighted by Crippen LogP contribution is -2.44. The van der Waals surface area contributed by atoms with Crippen molar-refractivity contribution >= 4 is 30.8 Å². The Bertz CT molecular complexity index is 654. The van der Waals surface area contributed by atoms with Crippen molar-refractivity contribution in [1.82, 2.24) is 10.2 Å². The summed E-state index contributed by atoms with van der Waals surface area (Å²) in [4.78, 5) is 14.8. The summed E-state index contributed by atoms with van der Waals surface area (Å²) in [6.45, 7) is 4.85. The minimum atomic E-state index is -0.208. The summed E-state index contributed by atoms with van der Waals surface area (Å²) in [6, 6.07) is 8.74. The van der Waals surface area contributed by atoms with Gasteiger partial charge in [-0.05, 0) is 94.0 Å². The van der Waals surface area contributed by atoms with Gasteiger partial charge in [-0.2, -0.15) is 0 Å². The molecule has 0 amide bonds. The van der Waals surface area contributed by atoms with Crippen molar-refractivity contribution in [3.8, 4) is 0 Å². The van der Waals surface area contributed by atoms with Crippen molar-refractivity contribution in [2.24, 2.45) is 11.3 Å². The summed E-state index contributed by atoms with van der Waals surface area (Å²) in [5.41, 5.74) is 2.54. The first-order chi connectivity index (χ1) is 13.2. The van der Waals surface area contributed by atoms with E-state index in [-0.39, 0.29) is 30.8 Å². The topological polar surface area (TPSA) is 41.6 Å². The van der Waals surface area contributed by atoms with Crippen LogP contribution in [-0.2, 0) is 11.2 Å². The Balaban J connectivity index is 0.00000150. The lowest BCUT2D eigenvalue weighted by atomic mass is 9.67. The molecule has 4 nitrogen and oxygen atoms in total. The highest BCUT2D eigenvalue weighted by Gasteiger charge is 2.39. The standard InChI is InChI=1S/C23H34N2O2.2ClH/c1-27-22(26)21-5-3-2-4-19(21)16-18-8-15-25(17-18)20-6-9-23(10-7-20)11-13-24-14-12-23;;/h2-5,18,20,24H,6-17H2,1H3;2*1H. The normalized spacial score (nSPS) is 24.5. The second-order valence-electron chi connectivity index (χ2n) is 8.98. The predicted octanol–water partition coefficient (Wildman–Crippen LogP) is 4.49. The van der Waals surface area contributed by atoms with Gasteiger partial charge in [0, 0.05) is 12.6 Å². The zero-order valence-electron chi connectivity index (χ0n) is 17.5. The van der Waals surface area contributed by atoms with Gasteiger partial charge in [0.25, 0.3) is 0 Å². The quantitative estimate of drug-likeness (QED) is 0.697. The van der Waals surface area contributed by atoms with E-state index in [9.17, 15) is 4.79 Å². The molecule has 0 bridgehead atoms. The van der Waals surface area contributed by atoms with Gasteiger partial charge < -0.3 is 15.0 Å². The summed E-state index contributed by atoms with van der Waals surface area (Å²) in [5.74, 6) is 0.450. The molecule has 3 fully saturated rings. The third-order valence-corrected chi connectivity index (χ3v) is 7.44. The molecule has 1 spiro atoms. The van der Waals surface area contributed by atoms with Gasteiger partial charge in [0.1, 0.15) is 0 Å². The fraction of sp³-hybridized carbons (Fsp3) is 0.696. The highest BCUT2D eigenvalue weighted by molar-refractivity contribution is 5.91. The van der Waals surface area contributed by atoms with Crippen LogP contribution in [-0.4, -0.2) is 50.2 Å². The lowest BCUT2D eigenvalue weighted by Gasteiger charge is -2.45.